The van der Waals surface area contributed by atoms with E-state index in [1.807, 2.05) is 49.7 Å². The van der Waals surface area contributed by atoms with Crippen LogP contribution >= 0.6 is 11.3 Å². The van der Waals surface area contributed by atoms with Crippen LogP contribution in [0.3, 0.4) is 0 Å². The first kappa shape index (κ1) is 17.5. The summed E-state index contributed by atoms with van der Waals surface area (Å²) in [7, 11) is 3.45. The molecule has 2 aromatic carbocycles. The molecule has 138 valence electrons. The van der Waals surface area contributed by atoms with Gasteiger partial charge in [-0.05, 0) is 42.8 Å². The molecular weight excluding hydrogens is 360 g/mol. The van der Waals surface area contributed by atoms with Crippen molar-refractivity contribution in [2.45, 2.75) is 13.3 Å². The summed E-state index contributed by atoms with van der Waals surface area (Å²) in [5.74, 6) is 1.56. The zero-order valence-electron chi connectivity index (χ0n) is 15.5. The van der Waals surface area contributed by atoms with Crippen LogP contribution in [0.1, 0.15) is 12.5 Å². The summed E-state index contributed by atoms with van der Waals surface area (Å²) >= 11 is 1.59. The Hall–Kier alpha value is -2.86. The Labute approximate surface area is 162 Å². The SMILES string of the molecule is CCOc1ccc(-c2nc(-c3ccc4c(c3)CC(=O)N4C)cs2)cc1OC. The molecule has 1 amide bonds. The van der Waals surface area contributed by atoms with Gasteiger partial charge in [-0.15, -0.1) is 11.3 Å². The van der Waals surface area contributed by atoms with E-state index in [0.717, 1.165) is 38.8 Å². The number of carbonyl (C=O) groups excluding carboxylic acids is 1. The quantitative estimate of drug-likeness (QED) is 0.658. The maximum Gasteiger partial charge on any atom is 0.231 e. The van der Waals surface area contributed by atoms with Crippen LogP contribution < -0.4 is 14.4 Å². The van der Waals surface area contributed by atoms with Gasteiger partial charge in [-0.2, -0.15) is 0 Å². The lowest BCUT2D eigenvalue weighted by atomic mass is 10.1. The predicted molar refractivity (Wildman–Crippen MR) is 108 cm³/mol. The van der Waals surface area contributed by atoms with Crippen LogP contribution in [0.15, 0.2) is 41.8 Å². The van der Waals surface area contributed by atoms with Crippen molar-refractivity contribution in [3.63, 3.8) is 0 Å². The molecule has 0 atom stereocenters. The number of hydrogen-bond acceptors (Lipinski definition) is 5. The van der Waals surface area contributed by atoms with Gasteiger partial charge in [0, 0.05) is 29.2 Å². The summed E-state index contributed by atoms with van der Waals surface area (Å²) in [6, 6.07) is 11.9. The number of nitrogens with zero attached hydrogens (tertiary/aromatic N) is 2. The zero-order chi connectivity index (χ0) is 19.0. The van der Waals surface area contributed by atoms with Gasteiger partial charge in [-0.3, -0.25) is 4.79 Å². The highest BCUT2D eigenvalue weighted by Crippen LogP contribution is 2.37. The second-order valence-electron chi connectivity index (χ2n) is 6.31. The number of amides is 1. The third kappa shape index (κ3) is 3.17. The fourth-order valence-corrected chi connectivity index (χ4v) is 4.07. The number of carbonyl (C=O) groups is 1. The third-order valence-electron chi connectivity index (χ3n) is 4.67. The fraction of sp³-hybridized carbons (Fsp3) is 0.238. The van der Waals surface area contributed by atoms with Crippen molar-refractivity contribution in [1.29, 1.82) is 0 Å². The third-order valence-corrected chi connectivity index (χ3v) is 5.56. The van der Waals surface area contributed by atoms with E-state index < -0.39 is 0 Å². The number of likely N-dealkylation sites (N-methyl/N-ethyl adjacent to an activating group) is 1. The molecule has 0 fully saturated rings. The molecule has 6 heteroatoms. The van der Waals surface area contributed by atoms with Gasteiger partial charge in [-0.25, -0.2) is 4.98 Å². The fourth-order valence-electron chi connectivity index (χ4n) is 3.24. The maximum atomic E-state index is 11.9. The van der Waals surface area contributed by atoms with Crippen molar-refractivity contribution >= 4 is 22.9 Å². The summed E-state index contributed by atoms with van der Waals surface area (Å²) < 4.78 is 11.0. The number of thiazole rings is 1. The Balaban J connectivity index is 1.65. The van der Waals surface area contributed by atoms with Gasteiger partial charge in [0.25, 0.3) is 0 Å². The summed E-state index contributed by atoms with van der Waals surface area (Å²) in [5.41, 5.74) is 4.96. The highest BCUT2D eigenvalue weighted by Gasteiger charge is 2.24. The number of fused-ring (bicyclic) bond motifs is 1. The number of anilines is 1. The highest BCUT2D eigenvalue weighted by atomic mass is 32.1. The van der Waals surface area contributed by atoms with Crippen LogP contribution in [0.2, 0.25) is 0 Å². The first-order valence-corrected chi connectivity index (χ1v) is 9.65. The molecule has 2 heterocycles. The van der Waals surface area contributed by atoms with Crippen LogP contribution in [0, 0.1) is 0 Å². The van der Waals surface area contributed by atoms with E-state index in [1.54, 1.807) is 23.3 Å². The van der Waals surface area contributed by atoms with Crippen molar-refractivity contribution in [3.8, 4) is 33.3 Å². The Bertz CT molecular complexity index is 1010. The van der Waals surface area contributed by atoms with Crippen molar-refractivity contribution in [2.75, 3.05) is 25.7 Å². The lowest BCUT2D eigenvalue weighted by Crippen LogP contribution is -2.20. The Kier molecular flexibility index (Phi) is 4.58. The van der Waals surface area contributed by atoms with Gasteiger partial charge in [-0.1, -0.05) is 6.07 Å². The standard InChI is InChI=1S/C21H20N2O3S/c1-4-26-18-8-6-14(10-19(18)25-3)21-22-16(12-27-21)13-5-7-17-15(9-13)11-20(24)23(17)2/h5-10,12H,4,11H2,1-3H3. The molecular formula is C21H20N2O3S. The molecule has 0 aliphatic carbocycles. The van der Waals surface area contributed by atoms with Crippen LogP contribution in [0.4, 0.5) is 5.69 Å². The molecule has 0 unspecified atom stereocenters. The van der Waals surface area contributed by atoms with Gasteiger partial charge in [0.05, 0.1) is 25.8 Å². The molecule has 0 saturated heterocycles. The van der Waals surface area contributed by atoms with Crippen LogP contribution in [-0.4, -0.2) is 31.7 Å². The topological polar surface area (TPSA) is 51.7 Å². The average Bonchev–Trinajstić information content (AvgIpc) is 3.27. The molecule has 0 N–H and O–H groups in total. The molecule has 27 heavy (non-hydrogen) atoms. The monoisotopic (exact) mass is 380 g/mol. The summed E-state index contributed by atoms with van der Waals surface area (Å²) in [6.07, 6.45) is 0.451. The largest absolute Gasteiger partial charge is 0.493 e. The van der Waals surface area contributed by atoms with Gasteiger partial charge < -0.3 is 14.4 Å². The van der Waals surface area contributed by atoms with E-state index in [2.05, 4.69) is 6.07 Å². The average molecular weight is 380 g/mol. The van der Waals surface area contributed by atoms with E-state index in [-0.39, 0.29) is 5.91 Å². The molecule has 1 aliphatic heterocycles. The first-order chi connectivity index (χ1) is 13.1. The smallest absolute Gasteiger partial charge is 0.231 e. The Morgan fingerprint density at radius 2 is 1.96 bits per heavy atom. The number of aromatic nitrogens is 1. The molecule has 4 rings (SSSR count). The number of benzene rings is 2. The van der Waals surface area contributed by atoms with Gasteiger partial charge in [0.1, 0.15) is 5.01 Å². The minimum Gasteiger partial charge on any atom is -0.493 e. The molecule has 5 nitrogen and oxygen atoms in total. The Morgan fingerprint density at radius 1 is 1.15 bits per heavy atom. The van der Waals surface area contributed by atoms with Crippen molar-refractivity contribution in [1.82, 2.24) is 4.98 Å². The minimum atomic E-state index is 0.127. The molecule has 0 bridgehead atoms. The van der Waals surface area contributed by atoms with Gasteiger partial charge in [0.2, 0.25) is 5.91 Å². The zero-order valence-corrected chi connectivity index (χ0v) is 16.3. The molecule has 1 aromatic heterocycles. The number of methoxy groups -OCH3 is 1. The number of rotatable bonds is 5. The van der Waals surface area contributed by atoms with Crippen LogP contribution in [-0.2, 0) is 11.2 Å². The van der Waals surface area contributed by atoms with E-state index in [1.165, 1.54) is 0 Å². The first-order valence-electron chi connectivity index (χ1n) is 8.77. The number of hydrogen-bond donors (Lipinski definition) is 0. The summed E-state index contributed by atoms with van der Waals surface area (Å²) in [6.45, 7) is 2.54. The predicted octanol–water partition coefficient (Wildman–Crippen LogP) is 4.40. The number of ether oxygens (including phenoxy) is 2. The Morgan fingerprint density at radius 3 is 2.74 bits per heavy atom. The van der Waals surface area contributed by atoms with Gasteiger partial charge >= 0.3 is 0 Å². The maximum absolute atomic E-state index is 11.9. The lowest BCUT2D eigenvalue weighted by molar-refractivity contribution is -0.117. The van der Waals surface area contributed by atoms with E-state index in [9.17, 15) is 4.79 Å². The molecule has 1 aliphatic rings. The second kappa shape index (κ2) is 7.04. The molecule has 0 saturated carbocycles. The van der Waals surface area contributed by atoms with Crippen molar-refractivity contribution in [3.05, 3.63) is 47.3 Å². The van der Waals surface area contributed by atoms with Crippen molar-refractivity contribution < 1.29 is 14.3 Å². The van der Waals surface area contributed by atoms with Crippen LogP contribution in [0.25, 0.3) is 21.8 Å². The summed E-state index contributed by atoms with van der Waals surface area (Å²) in [4.78, 5) is 18.4. The summed E-state index contributed by atoms with van der Waals surface area (Å²) in [5, 5.41) is 2.96. The van der Waals surface area contributed by atoms with Crippen molar-refractivity contribution in [2.24, 2.45) is 0 Å². The van der Waals surface area contributed by atoms with Gasteiger partial charge in [0.15, 0.2) is 11.5 Å². The normalized spacial score (nSPS) is 13.0. The molecule has 0 spiro atoms. The van der Waals surface area contributed by atoms with E-state index in [0.29, 0.717) is 18.8 Å². The highest BCUT2D eigenvalue weighted by molar-refractivity contribution is 7.13. The molecule has 3 aromatic rings. The lowest BCUT2D eigenvalue weighted by Gasteiger charge is -2.10. The second-order valence-corrected chi connectivity index (χ2v) is 7.17. The molecule has 0 radical (unpaired) electrons. The minimum absolute atomic E-state index is 0.127. The van der Waals surface area contributed by atoms with E-state index >= 15 is 0 Å². The van der Waals surface area contributed by atoms with E-state index in [4.69, 9.17) is 14.5 Å². The van der Waals surface area contributed by atoms with Crippen LogP contribution in [0.5, 0.6) is 11.5 Å².